The average Bonchev–Trinajstić information content (AvgIpc) is 3.44. The van der Waals surface area contributed by atoms with E-state index in [1.54, 1.807) is 36.4 Å². The standard InChI is InChI=1S/C28H20BrF3N6O3/c29-19-3-7-20(8-4-19)34-16-25(39)36-22-5-1-17(2-6-22)27-37-26(38-41-27)18-13-14-33-24(15-18)35-21-9-11-23(12-10-21)40-28(30,31)32/h1-15,34H,16H2,(H,33,35)(H,36,39). The Morgan fingerprint density at radius 1 is 0.878 bits per heavy atom. The molecule has 0 spiro atoms. The first-order valence-corrected chi connectivity index (χ1v) is 12.8. The number of nitrogens with one attached hydrogen (secondary N) is 3. The summed E-state index contributed by atoms with van der Waals surface area (Å²) in [6.45, 7) is 0.108. The first-order valence-electron chi connectivity index (χ1n) is 12.0. The number of ether oxygens (including phenoxy) is 1. The number of pyridine rings is 1. The number of halogens is 4. The van der Waals surface area contributed by atoms with Crippen molar-refractivity contribution in [3.63, 3.8) is 0 Å². The molecule has 1 amide bonds. The summed E-state index contributed by atoms with van der Waals surface area (Å²) in [6.07, 6.45) is -3.22. The summed E-state index contributed by atoms with van der Waals surface area (Å²) in [5.41, 5.74) is 3.21. The van der Waals surface area contributed by atoms with Gasteiger partial charge in [0.2, 0.25) is 11.7 Å². The molecule has 0 saturated heterocycles. The first-order chi connectivity index (χ1) is 19.7. The van der Waals surface area contributed by atoms with E-state index in [4.69, 9.17) is 4.52 Å². The Balaban J connectivity index is 1.19. The molecule has 0 unspecified atom stereocenters. The fraction of sp³-hybridized carbons (Fsp3) is 0.0714. The molecule has 2 aromatic heterocycles. The van der Waals surface area contributed by atoms with Crippen molar-refractivity contribution in [2.75, 3.05) is 22.5 Å². The van der Waals surface area contributed by atoms with Crippen LogP contribution in [0, 0.1) is 0 Å². The molecule has 5 rings (SSSR count). The van der Waals surface area contributed by atoms with Gasteiger partial charge in [-0.15, -0.1) is 13.2 Å². The van der Waals surface area contributed by atoms with Crippen LogP contribution in [0.25, 0.3) is 22.8 Å². The van der Waals surface area contributed by atoms with Gasteiger partial charge in [0.1, 0.15) is 11.6 Å². The second-order valence-electron chi connectivity index (χ2n) is 8.54. The maximum atomic E-state index is 12.4. The third-order valence-corrected chi connectivity index (χ3v) is 6.05. The highest BCUT2D eigenvalue weighted by Gasteiger charge is 2.31. The lowest BCUT2D eigenvalue weighted by atomic mass is 10.2. The van der Waals surface area contributed by atoms with Gasteiger partial charge in [-0.3, -0.25) is 4.79 Å². The zero-order chi connectivity index (χ0) is 28.8. The third kappa shape index (κ3) is 7.82. The molecule has 0 aliphatic heterocycles. The topological polar surface area (TPSA) is 114 Å². The molecule has 9 nitrogen and oxygen atoms in total. The summed E-state index contributed by atoms with van der Waals surface area (Å²) in [7, 11) is 0. The summed E-state index contributed by atoms with van der Waals surface area (Å²) in [6, 6.07) is 23.1. The van der Waals surface area contributed by atoms with Gasteiger partial charge in [-0.05, 0) is 84.9 Å². The van der Waals surface area contributed by atoms with E-state index in [2.05, 4.69) is 51.7 Å². The molecule has 0 aliphatic rings. The summed E-state index contributed by atoms with van der Waals surface area (Å²) in [5.74, 6) is 0.492. The van der Waals surface area contributed by atoms with Crippen LogP contribution in [0.1, 0.15) is 0 Å². The van der Waals surface area contributed by atoms with Gasteiger partial charge in [0, 0.05) is 38.9 Å². The quantitative estimate of drug-likeness (QED) is 0.157. The zero-order valence-corrected chi connectivity index (χ0v) is 22.5. The van der Waals surface area contributed by atoms with Crippen LogP contribution in [0.2, 0.25) is 0 Å². The monoisotopic (exact) mass is 624 g/mol. The Kier molecular flexibility index (Phi) is 8.15. The third-order valence-electron chi connectivity index (χ3n) is 5.52. The lowest BCUT2D eigenvalue weighted by Gasteiger charge is -2.10. The number of rotatable bonds is 9. The summed E-state index contributed by atoms with van der Waals surface area (Å²) in [5, 5.41) is 12.9. The van der Waals surface area contributed by atoms with Crippen molar-refractivity contribution in [1.82, 2.24) is 15.1 Å². The first kappa shape index (κ1) is 27.6. The van der Waals surface area contributed by atoms with E-state index in [0.29, 0.717) is 34.1 Å². The number of carbonyl (C=O) groups excluding carboxylic acids is 1. The molecule has 5 aromatic rings. The maximum Gasteiger partial charge on any atom is 0.573 e. The van der Waals surface area contributed by atoms with Gasteiger partial charge in [-0.1, -0.05) is 21.1 Å². The number of carbonyl (C=O) groups is 1. The molecule has 13 heteroatoms. The molecular weight excluding hydrogens is 605 g/mol. The summed E-state index contributed by atoms with van der Waals surface area (Å²) in [4.78, 5) is 21.0. The van der Waals surface area contributed by atoms with Crippen LogP contribution in [0.4, 0.5) is 36.1 Å². The summed E-state index contributed by atoms with van der Waals surface area (Å²) < 4.78 is 47.4. The molecule has 2 heterocycles. The number of amides is 1. The number of aromatic nitrogens is 3. The number of hydrogen-bond donors (Lipinski definition) is 3. The van der Waals surface area contributed by atoms with Crippen LogP contribution in [0.5, 0.6) is 5.75 Å². The number of anilines is 4. The van der Waals surface area contributed by atoms with Crippen molar-refractivity contribution in [3.05, 3.63) is 95.6 Å². The molecule has 3 aromatic carbocycles. The van der Waals surface area contributed by atoms with E-state index in [1.807, 2.05) is 24.3 Å². The SMILES string of the molecule is O=C(CNc1ccc(Br)cc1)Nc1ccc(-c2nc(-c3ccnc(Nc4ccc(OC(F)(F)F)cc4)c3)no2)cc1. The van der Waals surface area contributed by atoms with E-state index in [-0.39, 0.29) is 24.1 Å². The predicted octanol–water partition coefficient (Wildman–Crippen LogP) is 7.25. The normalized spacial score (nSPS) is 11.1. The average molecular weight is 625 g/mol. The Morgan fingerprint density at radius 2 is 1.56 bits per heavy atom. The minimum Gasteiger partial charge on any atom is -0.406 e. The molecule has 0 atom stereocenters. The maximum absolute atomic E-state index is 12.4. The van der Waals surface area contributed by atoms with Crippen molar-refractivity contribution < 1.29 is 27.2 Å². The Labute approximate surface area is 239 Å². The van der Waals surface area contributed by atoms with E-state index >= 15 is 0 Å². The van der Waals surface area contributed by atoms with Gasteiger partial charge in [0.05, 0.1) is 6.54 Å². The number of nitrogens with zero attached hydrogens (tertiary/aromatic N) is 3. The van der Waals surface area contributed by atoms with Gasteiger partial charge in [0.15, 0.2) is 0 Å². The van der Waals surface area contributed by atoms with Crippen LogP contribution in [-0.4, -0.2) is 33.9 Å². The molecule has 0 bridgehead atoms. The van der Waals surface area contributed by atoms with Crippen molar-refractivity contribution in [2.24, 2.45) is 0 Å². The van der Waals surface area contributed by atoms with Crippen LogP contribution in [-0.2, 0) is 4.79 Å². The Hall–Kier alpha value is -4.91. The second kappa shape index (κ2) is 12.1. The van der Waals surface area contributed by atoms with Crippen LogP contribution < -0.4 is 20.7 Å². The number of alkyl halides is 3. The number of hydrogen-bond acceptors (Lipinski definition) is 8. The molecule has 0 saturated carbocycles. The fourth-order valence-corrected chi connectivity index (χ4v) is 3.90. The van der Waals surface area contributed by atoms with Crippen molar-refractivity contribution in [3.8, 4) is 28.6 Å². The lowest BCUT2D eigenvalue weighted by Crippen LogP contribution is -2.21. The Morgan fingerprint density at radius 3 is 2.27 bits per heavy atom. The van der Waals surface area contributed by atoms with Gasteiger partial charge >= 0.3 is 6.36 Å². The fourth-order valence-electron chi connectivity index (χ4n) is 3.64. The zero-order valence-electron chi connectivity index (χ0n) is 20.9. The van der Waals surface area contributed by atoms with Gasteiger partial charge in [0.25, 0.3) is 5.89 Å². The van der Waals surface area contributed by atoms with Gasteiger partial charge < -0.3 is 25.2 Å². The minimum atomic E-state index is -4.76. The smallest absolute Gasteiger partial charge is 0.406 e. The van der Waals surface area contributed by atoms with Crippen LogP contribution >= 0.6 is 15.9 Å². The van der Waals surface area contributed by atoms with E-state index in [1.165, 1.54) is 30.5 Å². The Bertz CT molecular complexity index is 1630. The van der Waals surface area contributed by atoms with E-state index in [0.717, 1.165) is 10.2 Å². The molecule has 0 fully saturated rings. The second-order valence-corrected chi connectivity index (χ2v) is 9.45. The lowest BCUT2D eigenvalue weighted by molar-refractivity contribution is -0.274. The molecule has 0 radical (unpaired) electrons. The van der Waals surface area contributed by atoms with Crippen molar-refractivity contribution in [1.29, 1.82) is 0 Å². The highest BCUT2D eigenvalue weighted by molar-refractivity contribution is 9.10. The highest BCUT2D eigenvalue weighted by Crippen LogP contribution is 2.27. The molecular formula is C28H20BrF3N6O3. The predicted molar refractivity (Wildman–Crippen MR) is 151 cm³/mol. The van der Waals surface area contributed by atoms with Crippen molar-refractivity contribution >= 4 is 44.7 Å². The molecule has 41 heavy (non-hydrogen) atoms. The van der Waals surface area contributed by atoms with Crippen LogP contribution in [0.3, 0.4) is 0 Å². The highest BCUT2D eigenvalue weighted by atomic mass is 79.9. The van der Waals surface area contributed by atoms with Gasteiger partial charge in [-0.25, -0.2) is 4.98 Å². The largest absolute Gasteiger partial charge is 0.573 e. The molecule has 3 N–H and O–H groups in total. The minimum absolute atomic E-state index is 0.108. The summed E-state index contributed by atoms with van der Waals surface area (Å²) >= 11 is 3.37. The van der Waals surface area contributed by atoms with Gasteiger partial charge in [-0.2, -0.15) is 4.98 Å². The van der Waals surface area contributed by atoms with E-state index < -0.39 is 6.36 Å². The number of benzene rings is 3. The van der Waals surface area contributed by atoms with E-state index in [9.17, 15) is 18.0 Å². The molecule has 0 aliphatic carbocycles. The van der Waals surface area contributed by atoms with Crippen LogP contribution in [0.15, 0.2) is 100 Å². The molecule has 208 valence electrons. The van der Waals surface area contributed by atoms with Crippen molar-refractivity contribution in [2.45, 2.75) is 6.36 Å².